The van der Waals surface area contributed by atoms with E-state index in [0.29, 0.717) is 0 Å². The van der Waals surface area contributed by atoms with Crippen molar-refractivity contribution in [1.29, 1.82) is 0 Å². The number of hydrogen-bond donors (Lipinski definition) is 1. The predicted molar refractivity (Wildman–Crippen MR) is 54.8 cm³/mol. The molecule has 0 fully saturated rings. The second-order valence-corrected chi connectivity index (χ2v) is 5.21. The predicted octanol–water partition coefficient (Wildman–Crippen LogP) is 1.25. The second-order valence-electron chi connectivity index (χ2n) is 3.57. The lowest BCUT2D eigenvalue weighted by molar-refractivity contribution is -0.137. The molecule has 0 aliphatic carbocycles. The molecule has 0 unspecified atom stereocenters. The maximum atomic E-state index is 12.4. The van der Waals surface area contributed by atoms with Crippen LogP contribution in [0.25, 0.3) is 0 Å². The molecule has 1 aliphatic rings. The van der Waals surface area contributed by atoms with Gasteiger partial charge in [0.25, 0.3) is 10.0 Å². The Morgan fingerprint density at radius 2 is 1.94 bits per heavy atom. The molecule has 92 valence electrons. The third kappa shape index (κ3) is 2.26. The molecule has 4 nitrogen and oxygen atoms in total. The highest BCUT2D eigenvalue weighted by molar-refractivity contribution is 7.89. The van der Waals surface area contributed by atoms with Gasteiger partial charge in [-0.25, -0.2) is 8.42 Å². The molecule has 0 spiro atoms. The summed E-state index contributed by atoms with van der Waals surface area (Å²) in [4.78, 5) is 0. The number of sulfonamides is 1. The third-order valence-electron chi connectivity index (χ3n) is 2.28. The molecule has 1 aliphatic heterocycles. The van der Waals surface area contributed by atoms with E-state index in [1.165, 1.54) is 0 Å². The quantitative estimate of drug-likeness (QED) is 0.766. The number of alkyl halides is 3. The number of nitrogens with zero attached hydrogens (tertiary/aromatic N) is 1. The Kier molecular flexibility index (Phi) is 2.42. The standard InChI is InChI=1S/C9H7F3N2O2S/c10-9(11,12)6-1-2-7-5(3-6)4-17(15,16)14-8(7)13/h1-3H,4H2,(H2,13,14). The van der Waals surface area contributed by atoms with Gasteiger partial charge in [0.15, 0.2) is 0 Å². The average Bonchev–Trinajstić information content (AvgIpc) is 2.13. The molecule has 0 radical (unpaired) electrons. The molecule has 0 bridgehead atoms. The Bertz CT molecular complexity index is 605. The number of hydrogen-bond acceptors (Lipinski definition) is 3. The summed E-state index contributed by atoms with van der Waals surface area (Å²) in [6, 6.07) is 2.76. The van der Waals surface area contributed by atoms with Crippen LogP contribution in [0.2, 0.25) is 0 Å². The topological polar surface area (TPSA) is 72.5 Å². The van der Waals surface area contributed by atoms with Gasteiger partial charge < -0.3 is 5.73 Å². The van der Waals surface area contributed by atoms with Gasteiger partial charge in [-0.2, -0.15) is 13.2 Å². The molecule has 17 heavy (non-hydrogen) atoms. The minimum atomic E-state index is -4.51. The lowest BCUT2D eigenvalue weighted by Crippen LogP contribution is -2.24. The second kappa shape index (κ2) is 3.46. The van der Waals surface area contributed by atoms with E-state index in [9.17, 15) is 21.6 Å². The SMILES string of the molecule is NC1=NS(=O)(=O)Cc2cc(C(F)(F)F)ccc21. The lowest BCUT2D eigenvalue weighted by Gasteiger charge is -2.16. The minimum Gasteiger partial charge on any atom is -0.383 e. The minimum absolute atomic E-state index is 0.0207. The zero-order chi connectivity index (χ0) is 12.8. The zero-order valence-corrected chi connectivity index (χ0v) is 9.14. The highest BCUT2D eigenvalue weighted by atomic mass is 32.2. The van der Waals surface area contributed by atoms with Crippen LogP contribution in [0.3, 0.4) is 0 Å². The van der Waals surface area contributed by atoms with Crippen molar-refractivity contribution in [3.8, 4) is 0 Å². The average molecular weight is 264 g/mol. The van der Waals surface area contributed by atoms with Gasteiger partial charge in [-0.05, 0) is 17.7 Å². The Balaban J connectivity index is 2.60. The van der Waals surface area contributed by atoms with Crippen molar-refractivity contribution in [1.82, 2.24) is 0 Å². The maximum Gasteiger partial charge on any atom is 0.416 e. The van der Waals surface area contributed by atoms with E-state index in [0.717, 1.165) is 18.2 Å². The molecule has 0 saturated heterocycles. The van der Waals surface area contributed by atoms with Crippen molar-refractivity contribution in [2.75, 3.05) is 0 Å². The van der Waals surface area contributed by atoms with Crippen molar-refractivity contribution in [2.45, 2.75) is 11.9 Å². The summed E-state index contributed by atoms with van der Waals surface area (Å²) in [5.41, 5.74) is 4.72. The molecule has 1 aromatic carbocycles. The van der Waals surface area contributed by atoms with Crippen molar-refractivity contribution < 1.29 is 21.6 Å². The lowest BCUT2D eigenvalue weighted by atomic mass is 10.0. The molecule has 8 heteroatoms. The van der Waals surface area contributed by atoms with E-state index in [-0.39, 0.29) is 17.0 Å². The van der Waals surface area contributed by atoms with Crippen molar-refractivity contribution in [3.63, 3.8) is 0 Å². The molecular weight excluding hydrogens is 257 g/mol. The first kappa shape index (κ1) is 11.9. The maximum absolute atomic E-state index is 12.4. The summed E-state index contributed by atoms with van der Waals surface area (Å²) < 4.78 is 63.0. The van der Waals surface area contributed by atoms with Crippen LogP contribution in [0, 0.1) is 0 Å². The first-order valence-corrected chi connectivity index (χ1v) is 6.08. The zero-order valence-electron chi connectivity index (χ0n) is 8.32. The summed E-state index contributed by atoms with van der Waals surface area (Å²) in [6.45, 7) is 0. The molecule has 1 aromatic rings. The van der Waals surface area contributed by atoms with Crippen LogP contribution in [-0.4, -0.2) is 14.3 Å². The number of benzene rings is 1. The Morgan fingerprint density at radius 3 is 2.53 bits per heavy atom. The van der Waals surface area contributed by atoms with Gasteiger partial charge in [-0.3, -0.25) is 0 Å². The molecule has 1 heterocycles. The van der Waals surface area contributed by atoms with Crippen molar-refractivity contribution in [3.05, 3.63) is 34.9 Å². The fourth-order valence-electron chi connectivity index (χ4n) is 1.57. The Hall–Kier alpha value is -1.57. The highest BCUT2D eigenvalue weighted by Crippen LogP contribution is 2.32. The van der Waals surface area contributed by atoms with Gasteiger partial charge in [-0.15, -0.1) is 4.40 Å². The van der Waals surface area contributed by atoms with Gasteiger partial charge in [0.2, 0.25) is 0 Å². The van der Waals surface area contributed by atoms with Crippen LogP contribution < -0.4 is 5.73 Å². The molecule has 0 amide bonds. The van der Waals surface area contributed by atoms with Crippen LogP contribution in [0.4, 0.5) is 13.2 Å². The van der Waals surface area contributed by atoms with E-state index in [1.807, 2.05) is 0 Å². The monoisotopic (exact) mass is 264 g/mol. The first-order valence-electron chi connectivity index (χ1n) is 4.48. The Labute approximate surface area is 95.0 Å². The van der Waals surface area contributed by atoms with E-state index < -0.39 is 27.5 Å². The largest absolute Gasteiger partial charge is 0.416 e. The van der Waals surface area contributed by atoms with Crippen LogP contribution >= 0.6 is 0 Å². The first-order chi connectivity index (χ1) is 7.69. The molecule has 2 N–H and O–H groups in total. The van der Waals surface area contributed by atoms with Gasteiger partial charge in [-0.1, -0.05) is 6.07 Å². The number of fused-ring (bicyclic) bond motifs is 1. The van der Waals surface area contributed by atoms with E-state index in [4.69, 9.17) is 5.73 Å². The van der Waals surface area contributed by atoms with Gasteiger partial charge in [0, 0.05) is 5.56 Å². The summed E-state index contributed by atoms with van der Waals surface area (Å²) in [5.74, 6) is -0.840. The summed E-state index contributed by atoms with van der Waals surface area (Å²) in [6.07, 6.45) is -4.51. The van der Waals surface area contributed by atoms with E-state index >= 15 is 0 Å². The fourth-order valence-corrected chi connectivity index (χ4v) is 2.66. The normalized spacial score (nSPS) is 18.4. The van der Waals surface area contributed by atoms with Crippen LogP contribution in [0.1, 0.15) is 16.7 Å². The molecule has 2 rings (SSSR count). The van der Waals surface area contributed by atoms with Crippen LogP contribution in [0.15, 0.2) is 22.6 Å². The van der Waals surface area contributed by atoms with Crippen molar-refractivity contribution >= 4 is 15.9 Å². The summed E-state index contributed by atoms with van der Waals surface area (Å²) >= 11 is 0. The van der Waals surface area contributed by atoms with Crippen LogP contribution in [-0.2, 0) is 22.0 Å². The number of nitrogens with two attached hydrogens (primary N) is 1. The van der Waals surface area contributed by atoms with Crippen molar-refractivity contribution in [2.24, 2.45) is 10.1 Å². The molecular formula is C9H7F3N2O2S. The molecule has 0 saturated carbocycles. The van der Waals surface area contributed by atoms with Gasteiger partial charge in [0.1, 0.15) is 5.84 Å². The number of amidine groups is 1. The van der Waals surface area contributed by atoms with Gasteiger partial charge >= 0.3 is 6.18 Å². The summed E-state index contributed by atoms with van der Waals surface area (Å²) in [7, 11) is -3.81. The third-order valence-corrected chi connectivity index (χ3v) is 3.43. The van der Waals surface area contributed by atoms with Gasteiger partial charge in [0.05, 0.1) is 11.3 Å². The smallest absolute Gasteiger partial charge is 0.383 e. The molecule has 0 atom stereocenters. The van der Waals surface area contributed by atoms with E-state index in [1.54, 1.807) is 0 Å². The summed E-state index contributed by atoms with van der Waals surface area (Å²) in [5, 5.41) is 0. The number of halogens is 3. The highest BCUT2D eigenvalue weighted by Gasteiger charge is 2.32. The van der Waals surface area contributed by atoms with Crippen LogP contribution in [0.5, 0.6) is 0 Å². The van der Waals surface area contributed by atoms with E-state index in [2.05, 4.69) is 4.40 Å². The molecule has 0 aromatic heterocycles. The number of rotatable bonds is 0. The fraction of sp³-hybridized carbons (Fsp3) is 0.222. The Morgan fingerprint density at radius 1 is 1.29 bits per heavy atom.